The topological polar surface area (TPSA) is 89.6 Å². The van der Waals surface area contributed by atoms with Gasteiger partial charge in [0.2, 0.25) is 5.91 Å². The van der Waals surface area contributed by atoms with E-state index in [1.54, 1.807) is 36.5 Å². The van der Waals surface area contributed by atoms with Crippen LogP contribution < -0.4 is 15.4 Å². The third-order valence-corrected chi connectivity index (χ3v) is 3.08. The van der Waals surface area contributed by atoms with Gasteiger partial charge in [0.1, 0.15) is 11.4 Å². The smallest absolute Gasteiger partial charge is 0.337 e. The maximum Gasteiger partial charge on any atom is 0.337 e. The molecule has 7 heteroatoms. The molecule has 0 radical (unpaired) electrons. The Morgan fingerprint density at radius 3 is 3.00 bits per heavy atom. The predicted octanol–water partition coefficient (Wildman–Crippen LogP) is 2.02. The number of methoxy groups -OCH3 is 1. The summed E-state index contributed by atoms with van der Waals surface area (Å²) in [4.78, 5) is 27.2. The van der Waals surface area contributed by atoms with Crippen molar-refractivity contribution >= 4 is 23.4 Å². The highest BCUT2D eigenvalue weighted by atomic mass is 16.5. The minimum atomic E-state index is -0.447. The summed E-state index contributed by atoms with van der Waals surface area (Å²) in [5, 5.41) is 5.62. The van der Waals surface area contributed by atoms with Crippen LogP contribution in [-0.2, 0) is 9.53 Å². The second-order valence-electron chi connectivity index (χ2n) is 4.56. The summed E-state index contributed by atoms with van der Waals surface area (Å²) in [5.41, 5.74) is 0.854. The first-order valence-electron chi connectivity index (χ1n) is 6.56. The summed E-state index contributed by atoms with van der Waals surface area (Å²) in [6, 6.07) is 8.22. The number of amides is 1. The van der Waals surface area contributed by atoms with Crippen molar-refractivity contribution in [1.82, 2.24) is 4.98 Å². The van der Waals surface area contributed by atoms with Gasteiger partial charge in [-0.3, -0.25) is 4.79 Å². The lowest BCUT2D eigenvalue weighted by Crippen LogP contribution is -2.28. The first-order chi connectivity index (χ1) is 10.7. The summed E-state index contributed by atoms with van der Waals surface area (Å²) < 4.78 is 10.4. The fourth-order valence-corrected chi connectivity index (χ4v) is 2.06. The lowest BCUT2D eigenvalue weighted by atomic mass is 10.2. The van der Waals surface area contributed by atoms with Crippen LogP contribution in [0.15, 0.2) is 36.5 Å². The van der Waals surface area contributed by atoms with Crippen LogP contribution in [0, 0.1) is 0 Å². The van der Waals surface area contributed by atoms with Gasteiger partial charge in [-0.2, -0.15) is 0 Å². The van der Waals surface area contributed by atoms with Crippen LogP contribution in [0.25, 0.3) is 0 Å². The van der Waals surface area contributed by atoms with Crippen LogP contribution in [0.1, 0.15) is 10.4 Å². The number of esters is 1. The van der Waals surface area contributed by atoms with Gasteiger partial charge in [-0.1, -0.05) is 6.07 Å². The maximum atomic E-state index is 11.5. The number of fused-ring (bicyclic) bond motifs is 1. The molecular formula is C15H13N3O4. The number of hydrogen-bond acceptors (Lipinski definition) is 6. The Kier molecular flexibility index (Phi) is 3.61. The Hall–Kier alpha value is -3.09. The molecule has 0 aliphatic carbocycles. The molecule has 0 fully saturated rings. The van der Waals surface area contributed by atoms with Gasteiger partial charge in [-0.15, -0.1) is 0 Å². The third kappa shape index (κ3) is 2.69. The van der Waals surface area contributed by atoms with E-state index in [9.17, 15) is 9.59 Å². The van der Waals surface area contributed by atoms with Crippen molar-refractivity contribution in [2.45, 2.75) is 0 Å². The number of carbonyl (C=O) groups excluding carboxylic acids is 2. The maximum absolute atomic E-state index is 11.5. The molecule has 0 spiro atoms. The van der Waals surface area contributed by atoms with E-state index in [1.165, 1.54) is 7.11 Å². The van der Waals surface area contributed by atoms with Gasteiger partial charge in [0.05, 0.1) is 19.2 Å². The highest BCUT2D eigenvalue weighted by Gasteiger charge is 2.19. The van der Waals surface area contributed by atoms with E-state index in [0.29, 0.717) is 28.6 Å². The van der Waals surface area contributed by atoms with Crippen LogP contribution in [0.2, 0.25) is 0 Å². The van der Waals surface area contributed by atoms with Crippen LogP contribution >= 0.6 is 0 Å². The molecule has 0 bridgehead atoms. The SMILES string of the molecule is COC(=O)c1cccc(Oc2ccnc3c2NC(=O)CN3)c1. The monoisotopic (exact) mass is 299 g/mol. The summed E-state index contributed by atoms with van der Waals surface area (Å²) in [6.45, 7) is 0.168. The number of aromatic nitrogens is 1. The fraction of sp³-hybridized carbons (Fsp3) is 0.133. The Labute approximate surface area is 126 Å². The summed E-state index contributed by atoms with van der Waals surface area (Å²) in [6.07, 6.45) is 1.57. The molecule has 7 nitrogen and oxygen atoms in total. The molecule has 3 rings (SSSR count). The number of pyridine rings is 1. The van der Waals surface area contributed by atoms with Crippen LogP contribution in [0.3, 0.4) is 0 Å². The van der Waals surface area contributed by atoms with Crippen LogP contribution in [-0.4, -0.2) is 30.5 Å². The summed E-state index contributed by atoms with van der Waals surface area (Å²) in [5.74, 6) is 0.816. The standard InChI is InChI=1S/C15H13N3O4/c1-21-15(20)9-3-2-4-10(7-9)22-11-5-6-16-14-13(11)18-12(19)8-17-14/h2-7H,8H2,1H3,(H,16,17)(H,18,19). The number of ether oxygens (including phenoxy) is 2. The lowest BCUT2D eigenvalue weighted by molar-refractivity contribution is -0.114. The molecule has 2 aromatic rings. The van der Waals surface area contributed by atoms with Crippen molar-refractivity contribution in [3.05, 3.63) is 42.1 Å². The number of nitrogens with zero attached hydrogens (tertiary/aromatic N) is 1. The average molecular weight is 299 g/mol. The number of benzene rings is 1. The van der Waals surface area contributed by atoms with E-state index in [2.05, 4.69) is 20.4 Å². The first-order valence-corrected chi connectivity index (χ1v) is 6.56. The Morgan fingerprint density at radius 2 is 2.18 bits per heavy atom. The van der Waals surface area contributed by atoms with Crippen molar-refractivity contribution in [1.29, 1.82) is 0 Å². The molecule has 2 heterocycles. The summed E-state index contributed by atoms with van der Waals surface area (Å²) in [7, 11) is 1.32. The molecule has 22 heavy (non-hydrogen) atoms. The van der Waals surface area contributed by atoms with Gasteiger partial charge in [0.25, 0.3) is 0 Å². The molecule has 1 aromatic carbocycles. The number of carbonyl (C=O) groups is 2. The number of hydrogen-bond donors (Lipinski definition) is 2. The van der Waals surface area contributed by atoms with Crippen molar-refractivity contribution in [2.75, 3.05) is 24.3 Å². The van der Waals surface area contributed by atoms with Crippen LogP contribution in [0.4, 0.5) is 11.5 Å². The van der Waals surface area contributed by atoms with E-state index in [-0.39, 0.29) is 12.5 Å². The van der Waals surface area contributed by atoms with Gasteiger partial charge < -0.3 is 20.1 Å². The van der Waals surface area contributed by atoms with E-state index in [1.807, 2.05) is 0 Å². The largest absolute Gasteiger partial charge is 0.465 e. The van der Waals surface area contributed by atoms with Crippen molar-refractivity contribution in [3.8, 4) is 11.5 Å². The highest BCUT2D eigenvalue weighted by Crippen LogP contribution is 2.35. The zero-order chi connectivity index (χ0) is 15.5. The minimum absolute atomic E-state index is 0.168. The molecule has 2 N–H and O–H groups in total. The third-order valence-electron chi connectivity index (χ3n) is 3.08. The quantitative estimate of drug-likeness (QED) is 0.843. The zero-order valence-corrected chi connectivity index (χ0v) is 11.8. The van der Waals surface area contributed by atoms with Gasteiger partial charge in [0.15, 0.2) is 11.6 Å². The van der Waals surface area contributed by atoms with E-state index < -0.39 is 5.97 Å². The van der Waals surface area contributed by atoms with Gasteiger partial charge in [-0.25, -0.2) is 9.78 Å². The van der Waals surface area contributed by atoms with E-state index in [0.717, 1.165) is 0 Å². The molecule has 1 aliphatic heterocycles. The number of rotatable bonds is 3. The molecule has 0 saturated carbocycles. The second-order valence-corrected chi connectivity index (χ2v) is 4.56. The first kappa shape index (κ1) is 13.9. The molecule has 1 amide bonds. The fourth-order valence-electron chi connectivity index (χ4n) is 2.06. The number of anilines is 2. The minimum Gasteiger partial charge on any atom is -0.465 e. The molecule has 0 atom stereocenters. The van der Waals surface area contributed by atoms with E-state index >= 15 is 0 Å². The molecule has 1 aromatic heterocycles. The lowest BCUT2D eigenvalue weighted by Gasteiger charge is -2.20. The van der Waals surface area contributed by atoms with Gasteiger partial charge >= 0.3 is 5.97 Å². The predicted molar refractivity (Wildman–Crippen MR) is 79.2 cm³/mol. The Morgan fingerprint density at radius 1 is 1.32 bits per heavy atom. The molecule has 1 aliphatic rings. The summed E-state index contributed by atoms with van der Waals surface area (Å²) >= 11 is 0. The molecule has 112 valence electrons. The molecule has 0 saturated heterocycles. The zero-order valence-electron chi connectivity index (χ0n) is 11.8. The van der Waals surface area contributed by atoms with Gasteiger partial charge in [-0.05, 0) is 18.2 Å². The van der Waals surface area contributed by atoms with Crippen molar-refractivity contribution in [3.63, 3.8) is 0 Å². The highest BCUT2D eigenvalue weighted by molar-refractivity contribution is 6.01. The normalized spacial score (nSPS) is 12.7. The van der Waals surface area contributed by atoms with Crippen molar-refractivity contribution < 1.29 is 19.1 Å². The Balaban J connectivity index is 1.91. The Bertz CT molecular complexity index is 745. The van der Waals surface area contributed by atoms with E-state index in [4.69, 9.17) is 4.74 Å². The molecular weight excluding hydrogens is 286 g/mol. The van der Waals surface area contributed by atoms with Gasteiger partial charge in [0, 0.05) is 12.3 Å². The average Bonchev–Trinajstić information content (AvgIpc) is 2.55. The van der Waals surface area contributed by atoms with Crippen molar-refractivity contribution in [2.24, 2.45) is 0 Å². The molecule has 0 unspecified atom stereocenters. The number of nitrogens with one attached hydrogen (secondary N) is 2. The second kappa shape index (κ2) is 5.72. The van der Waals surface area contributed by atoms with Crippen LogP contribution in [0.5, 0.6) is 11.5 Å².